The van der Waals surface area contributed by atoms with Crippen molar-refractivity contribution >= 4 is 23.4 Å². The summed E-state index contributed by atoms with van der Waals surface area (Å²) in [7, 11) is 0. The van der Waals surface area contributed by atoms with E-state index in [0.29, 0.717) is 24.2 Å². The second-order valence-electron chi connectivity index (χ2n) is 7.80. The molecule has 150 valence electrons. The largest absolute Gasteiger partial charge is 0.348 e. The molecule has 6 nitrogen and oxygen atoms in total. The van der Waals surface area contributed by atoms with Crippen molar-refractivity contribution in [3.05, 3.63) is 65.2 Å². The Morgan fingerprint density at radius 2 is 1.93 bits per heavy atom. The van der Waals surface area contributed by atoms with Crippen molar-refractivity contribution in [2.45, 2.75) is 38.8 Å². The topological polar surface area (TPSA) is 69.7 Å². The molecule has 0 aromatic heterocycles. The van der Waals surface area contributed by atoms with E-state index in [9.17, 15) is 14.4 Å². The van der Waals surface area contributed by atoms with Gasteiger partial charge < -0.3 is 15.1 Å². The van der Waals surface area contributed by atoms with Gasteiger partial charge in [0.1, 0.15) is 12.6 Å². The lowest BCUT2D eigenvalue weighted by atomic mass is 10.1. The molecule has 2 aliphatic heterocycles. The van der Waals surface area contributed by atoms with Crippen molar-refractivity contribution < 1.29 is 14.4 Å². The number of anilines is 1. The fourth-order valence-electron chi connectivity index (χ4n) is 4.20. The minimum Gasteiger partial charge on any atom is -0.348 e. The smallest absolute Gasteiger partial charge is 0.256 e. The third kappa shape index (κ3) is 3.62. The van der Waals surface area contributed by atoms with Crippen molar-refractivity contribution in [2.75, 3.05) is 18.0 Å². The Kier molecular flexibility index (Phi) is 5.09. The van der Waals surface area contributed by atoms with E-state index in [1.165, 1.54) is 4.90 Å². The van der Waals surface area contributed by atoms with Crippen molar-refractivity contribution in [2.24, 2.45) is 0 Å². The fourth-order valence-corrected chi connectivity index (χ4v) is 4.20. The number of carbonyl (C=O) groups is 3. The Hall–Kier alpha value is -3.15. The molecule has 0 radical (unpaired) electrons. The lowest BCUT2D eigenvalue weighted by Crippen LogP contribution is -2.48. The lowest BCUT2D eigenvalue weighted by Gasteiger charge is -2.26. The first-order valence-electron chi connectivity index (χ1n) is 10.0. The number of amides is 3. The summed E-state index contributed by atoms with van der Waals surface area (Å²) in [6.07, 6.45) is 1.43. The number of rotatable bonds is 4. The highest BCUT2D eigenvalue weighted by Gasteiger charge is 2.42. The molecular formula is C23H25N3O3. The maximum atomic E-state index is 13.3. The number of nitrogens with zero attached hydrogens (tertiary/aromatic N) is 2. The second-order valence-corrected chi connectivity index (χ2v) is 7.80. The number of benzene rings is 2. The van der Waals surface area contributed by atoms with Crippen molar-refractivity contribution in [1.29, 1.82) is 0 Å². The van der Waals surface area contributed by atoms with Crippen LogP contribution in [-0.4, -0.2) is 41.8 Å². The summed E-state index contributed by atoms with van der Waals surface area (Å²) in [5.41, 5.74) is 2.95. The molecule has 0 saturated carbocycles. The van der Waals surface area contributed by atoms with E-state index in [1.807, 2.05) is 56.3 Å². The summed E-state index contributed by atoms with van der Waals surface area (Å²) < 4.78 is 0. The third-order valence-corrected chi connectivity index (χ3v) is 5.72. The first-order chi connectivity index (χ1) is 14.0. The zero-order chi connectivity index (χ0) is 20.5. The Balaban J connectivity index is 1.61. The van der Waals surface area contributed by atoms with Crippen molar-refractivity contribution in [3.8, 4) is 0 Å². The van der Waals surface area contributed by atoms with Crippen LogP contribution in [0.25, 0.3) is 0 Å². The molecule has 4 rings (SSSR count). The number of hydrogen-bond donors (Lipinski definition) is 1. The highest BCUT2D eigenvalue weighted by molar-refractivity contribution is 6.12. The van der Waals surface area contributed by atoms with E-state index >= 15 is 0 Å². The van der Waals surface area contributed by atoms with Crippen LogP contribution in [0.3, 0.4) is 0 Å². The van der Waals surface area contributed by atoms with Gasteiger partial charge in [-0.3, -0.25) is 14.4 Å². The van der Waals surface area contributed by atoms with E-state index < -0.39 is 6.04 Å². The highest BCUT2D eigenvalue weighted by Crippen LogP contribution is 2.33. The Bertz CT molecular complexity index is 957. The Morgan fingerprint density at radius 1 is 1.17 bits per heavy atom. The summed E-state index contributed by atoms with van der Waals surface area (Å²) in [6, 6.07) is 14.5. The van der Waals surface area contributed by atoms with E-state index in [-0.39, 0.29) is 30.3 Å². The van der Waals surface area contributed by atoms with Crippen LogP contribution in [0.15, 0.2) is 48.5 Å². The number of nitrogens with one attached hydrogen (secondary N) is 1. The van der Waals surface area contributed by atoms with Gasteiger partial charge in [-0.15, -0.1) is 0 Å². The molecule has 0 spiro atoms. The van der Waals surface area contributed by atoms with Crippen LogP contribution < -0.4 is 10.2 Å². The van der Waals surface area contributed by atoms with Crippen LogP contribution in [0.2, 0.25) is 0 Å². The van der Waals surface area contributed by atoms with Gasteiger partial charge in [0.05, 0.1) is 17.3 Å². The van der Waals surface area contributed by atoms with Gasteiger partial charge in [0, 0.05) is 6.54 Å². The van der Waals surface area contributed by atoms with E-state index in [0.717, 1.165) is 17.5 Å². The van der Waals surface area contributed by atoms with Gasteiger partial charge in [0.15, 0.2) is 0 Å². The predicted octanol–water partition coefficient (Wildman–Crippen LogP) is 2.82. The van der Waals surface area contributed by atoms with Gasteiger partial charge in [-0.2, -0.15) is 0 Å². The highest BCUT2D eigenvalue weighted by atomic mass is 16.2. The minimum atomic E-state index is -0.491. The summed E-state index contributed by atoms with van der Waals surface area (Å²) >= 11 is 0. The maximum absolute atomic E-state index is 13.3. The quantitative estimate of drug-likeness (QED) is 0.871. The molecule has 1 saturated heterocycles. The molecule has 1 fully saturated rings. The fraction of sp³-hybridized carbons (Fsp3) is 0.348. The monoisotopic (exact) mass is 391 g/mol. The van der Waals surface area contributed by atoms with Crippen LogP contribution in [0.5, 0.6) is 0 Å². The van der Waals surface area contributed by atoms with Crippen LogP contribution >= 0.6 is 0 Å². The minimum absolute atomic E-state index is 0.107. The molecule has 2 atom stereocenters. The van der Waals surface area contributed by atoms with Gasteiger partial charge in [0.2, 0.25) is 11.8 Å². The average molecular weight is 391 g/mol. The van der Waals surface area contributed by atoms with E-state index in [1.54, 1.807) is 11.0 Å². The van der Waals surface area contributed by atoms with Crippen molar-refractivity contribution in [1.82, 2.24) is 10.2 Å². The molecule has 2 aliphatic rings. The first-order valence-corrected chi connectivity index (χ1v) is 10.0. The van der Waals surface area contributed by atoms with Gasteiger partial charge in [-0.25, -0.2) is 0 Å². The summed E-state index contributed by atoms with van der Waals surface area (Å²) in [6.45, 7) is 4.30. The molecule has 6 heteroatoms. The van der Waals surface area contributed by atoms with Crippen LogP contribution in [0.4, 0.5) is 5.69 Å². The zero-order valence-electron chi connectivity index (χ0n) is 16.7. The summed E-state index contributed by atoms with van der Waals surface area (Å²) in [4.78, 5) is 42.3. The molecule has 29 heavy (non-hydrogen) atoms. The van der Waals surface area contributed by atoms with Crippen LogP contribution in [-0.2, 0) is 9.59 Å². The number of hydrogen-bond acceptors (Lipinski definition) is 3. The van der Waals surface area contributed by atoms with E-state index in [4.69, 9.17) is 0 Å². The van der Waals surface area contributed by atoms with Gasteiger partial charge in [-0.1, -0.05) is 42.0 Å². The van der Waals surface area contributed by atoms with Crippen LogP contribution in [0, 0.1) is 6.92 Å². The molecule has 0 unspecified atom stereocenters. The number of fused-ring (bicyclic) bond motifs is 2. The maximum Gasteiger partial charge on any atom is 0.256 e. The van der Waals surface area contributed by atoms with Crippen molar-refractivity contribution in [3.63, 3.8) is 0 Å². The van der Waals surface area contributed by atoms with Gasteiger partial charge in [0.25, 0.3) is 5.91 Å². The normalized spacial score (nSPS) is 19.4. The molecule has 0 aliphatic carbocycles. The molecular weight excluding hydrogens is 366 g/mol. The first kappa shape index (κ1) is 19.2. The molecule has 1 N–H and O–H groups in total. The predicted molar refractivity (Wildman–Crippen MR) is 111 cm³/mol. The van der Waals surface area contributed by atoms with Gasteiger partial charge >= 0.3 is 0 Å². The average Bonchev–Trinajstić information content (AvgIpc) is 3.19. The number of carbonyl (C=O) groups excluding carboxylic acids is 3. The molecule has 0 bridgehead atoms. The third-order valence-electron chi connectivity index (χ3n) is 5.72. The SMILES string of the molecule is Cc1ccc2c(c1)C(=O)N1CCC[C@@H]1C(=O)N2CC(=O)N[C@H](C)c1ccccc1. The molecule has 2 heterocycles. The number of aryl methyl sites for hydroxylation is 1. The molecule has 3 amide bonds. The van der Waals surface area contributed by atoms with E-state index in [2.05, 4.69) is 5.32 Å². The lowest BCUT2D eigenvalue weighted by molar-refractivity contribution is -0.126. The summed E-state index contributed by atoms with van der Waals surface area (Å²) in [5.74, 6) is -0.554. The summed E-state index contributed by atoms with van der Waals surface area (Å²) in [5, 5.41) is 2.97. The van der Waals surface area contributed by atoms with Gasteiger partial charge in [-0.05, 0) is 44.4 Å². The molecule has 2 aromatic carbocycles. The zero-order valence-corrected chi connectivity index (χ0v) is 16.7. The Morgan fingerprint density at radius 3 is 2.69 bits per heavy atom. The molecule has 2 aromatic rings. The standard InChI is InChI=1S/C23H25N3O3/c1-15-10-11-19-18(13-15)22(28)25-12-6-9-20(25)23(29)26(19)14-21(27)24-16(2)17-7-4-3-5-8-17/h3-5,7-8,10-11,13,16,20H,6,9,12,14H2,1-2H3,(H,24,27)/t16-,20-/m1/s1. The van der Waals surface area contributed by atoms with Crippen LogP contribution in [0.1, 0.15) is 47.3 Å². The Labute approximate surface area is 170 Å². The second kappa shape index (κ2) is 7.70.